The number of unbranched alkanes of at least 4 members (excludes halogenated alkanes) is 35. The molecule has 0 saturated carbocycles. The van der Waals surface area contributed by atoms with Gasteiger partial charge in [-0.2, -0.15) is 0 Å². The number of allylic oxidation sites excluding steroid dienone is 16. The highest BCUT2D eigenvalue weighted by molar-refractivity contribution is 5.71. The van der Waals surface area contributed by atoms with E-state index < -0.39 is 6.10 Å². The van der Waals surface area contributed by atoms with E-state index in [0.717, 1.165) is 109 Å². The molecule has 0 spiro atoms. The first-order chi connectivity index (χ1) is 39.5. The van der Waals surface area contributed by atoms with Gasteiger partial charge in [0.2, 0.25) is 0 Å². The normalized spacial score (nSPS) is 12.7. The summed E-state index contributed by atoms with van der Waals surface area (Å²) in [6.45, 7) is 6.53. The van der Waals surface area contributed by atoms with E-state index in [9.17, 15) is 14.4 Å². The second kappa shape index (κ2) is 67.8. The molecule has 0 heterocycles. The summed E-state index contributed by atoms with van der Waals surface area (Å²) in [5, 5.41) is 0. The van der Waals surface area contributed by atoms with Crippen molar-refractivity contribution < 1.29 is 28.6 Å². The van der Waals surface area contributed by atoms with E-state index in [0.29, 0.717) is 19.3 Å². The molecule has 0 bridgehead atoms. The van der Waals surface area contributed by atoms with Gasteiger partial charge in [-0.05, 0) is 103 Å². The maximum absolute atomic E-state index is 12.9. The molecule has 6 nitrogen and oxygen atoms in total. The highest BCUT2D eigenvalue weighted by Gasteiger charge is 2.19. The lowest BCUT2D eigenvalue weighted by Crippen LogP contribution is -2.30. The van der Waals surface area contributed by atoms with Gasteiger partial charge in [0.05, 0.1) is 0 Å². The van der Waals surface area contributed by atoms with E-state index in [-0.39, 0.29) is 31.1 Å². The first-order valence-corrected chi connectivity index (χ1v) is 34.2. The Morgan fingerprint density at radius 2 is 0.487 bits per heavy atom. The van der Waals surface area contributed by atoms with Crippen molar-refractivity contribution >= 4 is 17.9 Å². The van der Waals surface area contributed by atoms with Crippen molar-refractivity contribution in [3.8, 4) is 0 Å². The molecule has 0 aromatic carbocycles. The lowest BCUT2D eigenvalue weighted by molar-refractivity contribution is -0.167. The summed E-state index contributed by atoms with van der Waals surface area (Å²) in [7, 11) is 0. The quantitative estimate of drug-likeness (QED) is 0.0261. The number of esters is 3. The number of ether oxygens (including phenoxy) is 3. The number of carbonyl (C=O) groups excluding carboxylic acids is 3. The van der Waals surface area contributed by atoms with Crippen LogP contribution in [-0.4, -0.2) is 37.2 Å². The Morgan fingerprint density at radius 1 is 0.263 bits per heavy atom. The fraction of sp³-hybridized carbons (Fsp3) is 0.743. The molecule has 6 heteroatoms. The molecule has 0 aromatic heterocycles. The zero-order chi connectivity index (χ0) is 57.8. The van der Waals surface area contributed by atoms with Crippen LogP contribution in [0.4, 0.5) is 0 Å². The van der Waals surface area contributed by atoms with E-state index in [1.807, 2.05) is 0 Å². The van der Waals surface area contributed by atoms with Crippen LogP contribution in [-0.2, 0) is 28.6 Å². The molecular formula is C74H128O6. The van der Waals surface area contributed by atoms with Gasteiger partial charge in [-0.1, -0.05) is 311 Å². The molecule has 460 valence electrons. The largest absolute Gasteiger partial charge is 0.462 e. The van der Waals surface area contributed by atoms with Crippen molar-refractivity contribution in [3.05, 3.63) is 97.2 Å². The minimum atomic E-state index is -0.784. The highest BCUT2D eigenvalue weighted by Crippen LogP contribution is 2.17. The van der Waals surface area contributed by atoms with Gasteiger partial charge in [-0.25, -0.2) is 0 Å². The Kier molecular flexibility index (Phi) is 64.7. The van der Waals surface area contributed by atoms with Gasteiger partial charge in [0, 0.05) is 19.3 Å². The van der Waals surface area contributed by atoms with Gasteiger partial charge in [0.1, 0.15) is 13.2 Å². The summed E-state index contributed by atoms with van der Waals surface area (Å²) < 4.78 is 17.0. The number of rotatable bonds is 62. The molecule has 0 saturated heterocycles. The third kappa shape index (κ3) is 65.1. The van der Waals surface area contributed by atoms with Crippen LogP contribution in [0.5, 0.6) is 0 Å². The fourth-order valence-electron chi connectivity index (χ4n) is 9.71. The lowest BCUT2D eigenvalue weighted by Gasteiger charge is -2.18. The average molecular weight is 1110 g/mol. The van der Waals surface area contributed by atoms with Crippen LogP contribution in [0.2, 0.25) is 0 Å². The van der Waals surface area contributed by atoms with Crippen molar-refractivity contribution in [2.75, 3.05) is 13.2 Å². The highest BCUT2D eigenvalue weighted by atomic mass is 16.6. The smallest absolute Gasteiger partial charge is 0.306 e. The minimum absolute atomic E-state index is 0.0783. The summed E-state index contributed by atoms with van der Waals surface area (Å²) in [6.07, 6.45) is 91.3. The van der Waals surface area contributed by atoms with Gasteiger partial charge < -0.3 is 14.2 Å². The van der Waals surface area contributed by atoms with Crippen LogP contribution in [0, 0.1) is 0 Å². The maximum atomic E-state index is 12.9. The van der Waals surface area contributed by atoms with Crippen LogP contribution < -0.4 is 0 Å². The topological polar surface area (TPSA) is 78.9 Å². The van der Waals surface area contributed by atoms with Crippen molar-refractivity contribution in [1.29, 1.82) is 0 Å². The van der Waals surface area contributed by atoms with Crippen LogP contribution >= 0.6 is 0 Å². The third-order valence-electron chi connectivity index (χ3n) is 14.8. The Balaban J connectivity index is 4.31. The van der Waals surface area contributed by atoms with Crippen LogP contribution in [0.15, 0.2) is 97.2 Å². The molecule has 0 N–H and O–H groups in total. The Bertz CT molecular complexity index is 1560. The standard InChI is InChI=1S/C74H128O6/c1-4-7-10-13-16-19-22-25-28-31-32-33-34-35-36-37-38-39-40-41-42-44-46-49-52-55-58-61-64-67-73(76)79-70-71(69-78-72(75)66-63-60-57-54-51-48-45-30-27-24-21-18-15-12-9-6-3)80-74(77)68-65-62-59-56-53-50-47-43-29-26-23-20-17-14-11-8-5-2/h7,10,16-17,19-20,25-26,28-29,32-33,35-36,38-39,71H,4-6,8-9,11-15,18,21-24,27,30-31,34,37,40-70H2,1-3H3/b10-7-,19-16-,20-17-,28-25-,29-26-,33-32-,36-35-,39-38-. The maximum Gasteiger partial charge on any atom is 0.306 e. The molecule has 0 aliphatic rings. The summed E-state index contributed by atoms with van der Waals surface area (Å²) in [6, 6.07) is 0. The van der Waals surface area contributed by atoms with Crippen molar-refractivity contribution in [1.82, 2.24) is 0 Å². The zero-order valence-electron chi connectivity index (χ0n) is 52.8. The minimum Gasteiger partial charge on any atom is -0.462 e. The molecule has 0 radical (unpaired) electrons. The van der Waals surface area contributed by atoms with Gasteiger partial charge >= 0.3 is 17.9 Å². The Morgan fingerprint density at radius 3 is 0.787 bits per heavy atom. The number of carbonyl (C=O) groups is 3. The van der Waals surface area contributed by atoms with E-state index in [4.69, 9.17) is 14.2 Å². The van der Waals surface area contributed by atoms with E-state index in [1.165, 1.54) is 186 Å². The first-order valence-electron chi connectivity index (χ1n) is 34.2. The fourth-order valence-corrected chi connectivity index (χ4v) is 9.71. The first kappa shape index (κ1) is 76.3. The molecule has 1 atom stereocenters. The summed E-state index contributed by atoms with van der Waals surface area (Å²) >= 11 is 0. The SMILES string of the molecule is CC/C=C\C/C=C\C/C=C\C/C=C\C/C=C\C/C=C\CCCCCCCCCCCCC(=O)OCC(COC(=O)CCCCCCCCCCCCCCCCCC)OC(=O)CCCCCCCCC/C=C\C/C=C\CCCCC. The molecule has 0 fully saturated rings. The number of hydrogen-bond donors (Lipinski definition) is 0. The predicted octanol–water partition coefficient (Wildman–Crippen LogP) is 23.6. The molecule has 0 rings (SSSR count). The molecule has 0 aliphatic carbocycles. The third-order valence-corrected chi connectivity index (χ3v) is 14.8. The lowest BCUT2D eigenvalue weighted by atomic mass is 10.0. The zero-order valence-corrected chi connectivity index (χ0v) is 52.8. The summed E-state index contributed by atoms with van der Waals surface area (Å²) in [4.78, 5) is 38.4. The molecule has 0 aliphatic heterocycles. The molecule has 80 heavy (non-hydrogen) atoms. The van der Waals surface area contributed by atoms with Crippen LogP contribution in [0.1, 0.15) is 335 Å². The van der Waals surface area contributed by atoms with E-state index in [1.54, 1.807) is 0 Å². The Hall–Kier alpha value is -3.67. The Labute approximate surface area is 496 Å². The van der Waals surface area contributed by atoms with Gasteiger partial charge in [0.15, 0.2) is 6.10 Å². The second-order valence-corrected chi connectivity index (χ2v) is 22.7. The summed E-state index contributed by atoms with van der Waals surface area (Å²) in [5.41, 5.74) is 0. The monoisotopic (exact) mass is 1110 g/mol. The predicted molar refractivity (Wildman–Crippen MR) is 348 cm³/mol. The summed E-state index contributed by atoms with van der Waals surface area (Å²) in [5.74, 6) is -0.875. The molecular weight excluding hydrogens is 985 g/mol. The van der Waals surface area contributed by atoms with Crippen molar-refractivity contribution in [3.63, 3.8) is 0 Å². The van der Waals surface area contributed by atoms with Gasteiger partial charge in [-0.3, -0.25) is 14.4 Å². The second-order valence-electron chi connectivity index (χ2n) is 22.7. The van der Waals surface area contributed by atoms with Gasteiger partial charge in [0.25, 0.3) is 0 Å². The average Bonchev–Trinajstić information content (AvgIpc) is 3.46. The molecule has 0 aromatic rings. The molecule has 0 amide bonds. The molecule has 1 unspecified atom stereocenters. The van der Waals surface area contributed by atoms with Crippen LogP contribution in [0.3, 0.4) is 0 Å². The number of hydrogen-bond acceptors (Lipinski definition) is 6. The van der Waals surface area contributed by atoms with Crippen LogP contribution in [0.25, 0.3) is 0 Å². The van der Waals surface area contributed by atoms with E-state index >= 15 is 0 Å². The van der Waals surface area contributed by atoms with Crippen molar-refractivity contribution in [2.24, 2.45) is 0 Å². The van der Waals surface area contributed by atoms with Crippen molar-refractivity contribution in [2.45, 2.75) is 341 Å². The van der Waals surface area contributed by atoms with Gasteiger partial charge in [-0.15, -0.1) is 0 Å². The van der Waals surface area contributed by atoms with E-state index in [2.05, 4.69) is 118 Å².